The van der Waals surface area contributed by atoms with E-state index in [1.165, 1.54) is 19.2 Å². The molecule has 0 atom stereocenters. The fraction of sp³-hybridized carbons (Fsp3) is 0.429. The molecule has 6 nitrogen and oxygen atoms in total. The molecule has 0 saturated carbocycles. The normalized spacial score (nSPS) is 11.4. The van der Waals surface area contributed by atoms with Crippen molar-refractivity contribution in [3.63, 3.8) is 0 Å². The topological polar surface area (TPSA) is 90.3 Å². The van der Waals surface area contributed by atoms with Gasteiger partial charge in [0.2, 0.25) is 15.9 Å². The Labute approximate surface area is 125 Å². The maximum atomic E-state index is 12.4. The molecule has 0 heterocycles. The first-order valence-electron chi connectivity index (χ1n) is 6.51. The van der Waals surface area contributed by atoms with Crippen LogP contribution in [0.2, 0.25) is 0 Å². The number of carbonyl (C=O) groups excluding carboxylic acids is 1. The molecule has 0 spiro atoms. The highest BCUT2D eigenvalue weighted by Crippen LogP contribution is 2.18. The Bertz CT molecular complexity index is 648. The zero-order chi connectivity index (χ0) is 16.0. The number of likely N-dealkylation sites (N-methyl/N-ethyl adjacent to an activating group) is 1. The van der Waals surface area contributed by atoms with Crippen LogP contribution in [0.4, 0.5) is 0 Å². The molecule has 0 aromatic heterocycles. The van der Waals surface area contributed by atoms with Crippen molar-refractivity contribution in [3.8, 4) is 6.07 Å². The summed E-state index contributed by atoms with van der Waals surface area (Å²) in [5.41, 5.74) is 0.0620. The first kappa shape index (κ1) is 17.1. The Morgan fingerprint density at radius 1 is 1.38 bits per heavy atom. The molecule has 1 N–H and O–H groups in total. The molecule has 0 aliphatic heterocycles. The minimum Gasteiger partial charge on any atom is -0.355 e. The zero-order valence-electron chi connectivity index (χ0n) is 12.3. The van der Waals surface area contributed by atoms with Gasteiger partial charge < -0.3 is 5.32 Å². The summed E-state index contributed by atoms with van der Waals surface area (Å²) < 4.78 is 25.7. The first-order valence-corrected chi connectivity index (χ1v) is 7.95. The molecule has 0 radical (unpaired) electrons. The lowest BCUT2D eigenvalue weighted by Gasteiger charge is -2.18. The molecule has 1 rings (SSSR count). The van der Waals surface area contributed by atoms with E-state index in [-0.39, 0.29) is 28.8 Å². The van der Waals surface area contributed by atoms with Gasteiger partial charge in [0, 0.05) is 13.6 Å². The van der Waals surface area contributed by atoms with Gasteiger partial charge >= 0.3 is 0 Å². The summed E-state index contributed by atoms with van der Waals surface area (Å²) in [6, 6.07) is 7.76. The maximum absolute atomic E-state index is 12.4. The van der Waals surface area contributed by atoms with E-state index in [2.05, 4.69) is 5.32 Å². The number of hydrogen-bond donors (Lipinski definition) is 1. The molecule has 0 aliphatic rings. The Morgan fingerprint density at radius 3 is 2.57 bits per heavy atom. The molecular weight excluding hydrogens is 290 g/mol. The summed E-state index contributed by atoms with van der Waals surface area (Å²) in [4.78, 5) is 11.6. The van der Waals surface area contributed by atoms with E-state index < -0.39 is 10.0 Å². The van der Waals surface area contributed by atoms with Gasteiger partial charge in [0.1, 0.15) is 6.07 Å². The number of carbonyl (C=O) groups is 1. The van der Waals surface area contributed by atoms with E-state index in [0.717, 1.165) is 4.31 Å². The van der Waals surface area contributed by atoms with Crippen molar-refractivity contribution in [1.82, 2.24) is 9.62 Å². The van der Waals surface area contributed by atoms with Crippen molar-refractivity contribution in [2.45, 2.75) is 18.7 Å². The van der Waals surface area contributed by atoms with Gasteiger partial charge in [-0.1, -0.05) is 26.0 Å². The summed E-state index contributed by atoms with van der Waals surface area (Å²) in [5.74, 6) is -0.0839. The van der Waals surface area contributed by atoms with Crippen molar-refractivity contribution < 1.29 is 13.2 Å². The summed E-state index contributed by atoms with van der Waals surface area (Å²) >= 11 is 0. The van der Waals surface area contributed by atoms with E-state index in [0.29, 0.717) is 6.54 Å². The second kappa shape index (κ2) is 7.20. The predicted molar refractivity (Wildman–Crippen MR) is 78.8 cm³/mol. The third-order valence-electron chi connectivity index (χ3n) is 2.77. The average Bonchev–Trinajstić information content (AvgIpc) is 2.44. The van der Waals surface area contributed by atoms with Crippen LogP contribution in [0.5, 0.6) is 0 Å². The fourth-order valence-corrected chi connectivity index (χ4v) is 2.88. The quantitative estimate of drug-likeness (QED) is 0.847. The van der Waals surface area contributed by atoms with Crippen molar-refractivity contribution in [3.05, 3.63) is 29.8 Å². The lowest BCUT2D eigenvalue weighted by atomic mass is 10.2. The second-order valence-electron chi connectivity index (χ2n) is 5.07. The van der Waals surface area contributed by atoms with Gasteiger partial charge in [0.05, 0.1) is 17.0 Å². The molecule has 0 bridgehead atoms. The third-order valence-corrected chi connectivity index (χ3v) is 4.63. The number of amides is 1. The Hall–Kier alpha value is -1.91. The fourth-order valence-electron chi connectivity index (χ4n) is 1.61. The molecule has 1 aromatic carbocycles. The van der Waals surface area contributed by atoms with E-state index >= 15 is 0 Å². The number of nitrogens with zero attached hydrogens (tertiary/aromatic N) is 2. The highest BCUT2D eigenvalue weighted by Gasteiger charge is 2.25. The SMILES string of the molecule is CC(C)CNC(=O)CN(C)S(=O)(=O)c1ccccc1C#N. The van der Waals surface area contributed by atoms with Crippen LogP contribution in [0, 0.1) is 17.2 Å². The molecular formula is C14H19N3O3S. The van der Waals surface area contributed by atoms with Crippen LogP contribution < -0.4 is 5.32 Å². The Morgan fingerprint density at radius 2 is 2.00 bits per heavy atom. The third kappa shape index (κ3) is 4.55. The maximum Gasteiger partial charge on any atom is 0.244 e. The summed E-state index contributed by atoms with van der Waals surface area (Å²) in [6.45, 7) is 4.10. The van der Waals surface area contributed by atoms with Gasteiger partial charge in [0.15, 0.2) is 0 Å². The minimum absolute atomic E-state index is 0.0620. The number of hydrogen-bond acceptors (Lipinski definition) is 4. The number of nitrogens with one attached hydrogen (secondary N) is 1. The van der Waals surface area contributed by atoms with Crippen LogP contribution in [-0.4, -0.2) is 38.8 Å². The highest BCUT2D eigenvalue weighted by molar-refractivity contribution is 7.89. The summed E-state index contributed by atoms with van der Waals surface area (Å²) in [5, 5.41) is 11.6. The number of nitriles is 1. The molecule has 0 unspecified atom stereocenters. The van der Waals surface area contributed by atoms with Crippen LogP contribution >= 0.6 is 0 Å². The van der Waals surface area contributed by atoms with E-state index in [4.69, 9.17) is 5.26 Å². The number of rotatable bonds is 6. The minimum atomic E-state index is -3.87. The first-order chi connectivity index (χ1) is 9.78. The smallest absolute Gasteiger partial charge is 0.244 e. The lowest BCUT2D eigenvalue weighted by Crippen LogP contribution is -2.39. The molecule has 0 saturated heterocycles. The molecule has 7 heteroatoms. The van der Waals surface area contributed by atoms with Crippen LogP contribution in [0.1, 0.15) is 19.4 Å². The van der Waals surface area contributed by atoms with Crippen LogP contribution in [0.15, 0.2) is 29.2 Å². The number of sulfonamides is 1. The second-order valence-corrected chi connectivity index (χ2v) is 7.08. The van der Waals surface area contributed by atoms with Crippen molar-refractivity contribution in [1.29, 1.82) is 5.26 Å². The zero-order valence-corrected chi connectivity index (χ0v) is 13.1. The van der Waals surface area contributed by atoms with Gasteiger partial charge in [-0.2, -0.15) is 9.57 Å². The van der Waals surface area contributed by atoms with E-state index in [1.807, 2.05) is 19.9 Å². The Kier molecular flexibility index (Phi) is 5.88. The van der Waals surface area contributed by atoms with Crippen LogP contribution in [-0.2, 0) is 14.8 Å². The van der Waals surface area contributed by atoms with Crippen molar-refractivity contribution in [2.24, 2.45) is 5.92 Å². The molecule has 21 heavy (non-hydrogen) atoms. The molecule has 0 aliphatic carbocycles. The standard InChI is InChI=1S/C14H19N3O3S/c1-11(2)9-16-14(18)10-17(3)21(19,20)13-7-5-4-6-12(13)8-15/h4-7,11H,9-10H2,1-3H3,(H,16,18). The summed E-state index contributed by atoms with van der Waals surface area (Å²) in [7, 11) is -2.55. The largest absolute Gasteiger partial charge is 0.355 e. The molecule has 114 valence electrons. The summed E-state index contributed by atoms with van der Waals surface area (Å²) in [6.07, 6.45) is 0. The monoisotopic (exact) mass is 309 g/mol. The van der Waals surface area contributed by atoms with E-state index in [1.54, 1.807) is 12.1 Å². The number of benzene rings is 1. The lowest BCUT2D eigenvalue weighted by molar-refractivity contribution is -0.121. The van der Waals surface area contributed by atoms with Gasteiger partial charge in [-0.3, -0.25) is 4.79 Å². The van der Waals surface area contributed by atoms with Crippen molar-refractivity contribution in [2.75, 3.05) is 20.1 Å². The van der Waals surface area contributed by atoms with Gasteiger partial charge in [-0.05, 0) is 18.1 Å². The predicted octanol–water partition coefficient (Wildman–Crippen LogP) is 0.951. The average molecular weight is 309 g/mol. The van der Waals surface area contributed by atoms with Crippen molar-refractivity contribution >= 4 is 15.9 Å². The van der Waals surface area contributed by atoms with Crippen LogP contribution in [0.3, 0.4) is 0 Å². The highest BCUT2D eigenvalue weighted by atomic mass is 32.2. The van der Waals surface area contributed by atoms with Gasteiger partial charge in [-0.25, -0.2) is 8.42 Å². The molecule has 0 fully saturated rings. The van der Waals surface area contributed by atoms with E-state index in [9.17, 15) is 13.2 Å². The van der Waals surface area contributed by atoms with Gasteiger partial charge in [-0.15, -0.1) is 0 Å². The van der Waals surface area contributed by atoms with Gasteiger partial charge in [0.25, 0.3) is 0 Å². The molecule has 1 aromatic rings. The molecule has 1 amide bonds. The Balaban J connectivity index is 2.88. The van der Waals surface area contributed by atoms with Crippen LogP contribution in [0.25, 0.3) is 0 Å².